The highest BCUT2D eigenvalue weighted by molar-refractivity contribution is 7.90. The van der Waals surface area contributed by atoms with E-state index in [0.29, 0.717) is 24.5 Å². The molecule has 1 aromatic heterocycles. The summed E-state index contributed by atoms with van der Waals surface area (Å²) < 4.78 is 24.7. The van der Waals surface area contributed by atoms with Crippen molar-refractivity contribution in [2.75, 3.05) is 12.8 Å². The van der Waals surface area contributed by atoms with Crippen molar-refractivity contribution in [2.45, 2.75) is 24.5 Å². The van der Waals surface area contributed by atoms with Gasteiger partial charge in [-0.3, -0.25) is 0 Å². The van der Waals surface area contributed by atoms with Crippen LogP contribution in [-0.2, 0) is 29.5 Å². The molecule has 0 bridgehead atoms. The maximum absolute atomic E-state index is 11.4. The van der Waals surface area contributed by atoms with Gasteiger partial charge >= 0.3 is 0 Å². The normalized spacial score (nSPS) is 11.7. The molecule has 2 aromatic rings. The highest BCUT2D eigenvalue weighted by atomic mass is 32.2. The Hall–Kier alpha value is -1.70. The Kier molecular flexibility index (Phi) is 5.11. The zero-order valence-electron chi connectivity index (χ0n) is 12.0. The van der Waals surface area contributed by atoms with Crippen molar-refractivity contribution in [3.63, 3.8) is 0 Å². The number of nitrogens with zero attached hydrogens (tertiary/aromatic N) is 2. The van der Waals surface area contributed by atoms with Crippen LogP contribution in [0.1, 0.15) is 11.3 Å². The van der Waals surface area contributed by atoms with Crippen LogP contribution < -0.4 is 11.1 Å². The minimum Gasteiger partial charge on any atom is -0.336 e. The summed E-state index contributed by atoms with van der Waals surface area (Å²) in [5.74, 6) is 0. The van der Waals surface area contributed by atoms with Crippen molar-refractivity contribution in [2.24, 2.45) is 5.73 Å². The molecule has 1 heterocycles. The third-order valence-corrected chi connectivity index (χ3v) is 4.19. The van der Waals surface area contributed by atoms with Gasteiger partial charge in [0.15, 0.2) is 9.84 Å². The van der Waals surface area contributed by atoms with Gasteiger partial charge in [-0.2, -0.15) is 0 Å². The van der Waals surface area contributed by atoms with Gasteiger partial charge in [0.25, 0.3) is 0 Å². The Morgan fingerprint density at radius 2 is 1.95 bits per heavy atom. The van der Waals surface area contributed by atoms with Gasteiger partial charge in [0.05, 0.1) is 16.9 Å². The Bertz CT molecular complexity index is 677. The highest BCUT2D eigenvalue weighted by Gasteiger charge is 2.06. The summed E-state index contributed by atoms with van der Waals surface area (Å²) >= 11 is 0. The van der Waals surface area contributed by atoms with Gasteiger partial charge in [0.1, 0.15) is 0 Å². The molecule has 1 aromatic carbocycles. The molecule has 0 radical (unpaired) electrons. The topological polar surface area (TPSA) is 90.0 Å². The standard InChI is InChI=1S/C14H20N4O2S/c1-21(19,20)14-4-2-12(3-5-14)8-16-9-13-10-18(7-6-15)11-17-13/h2-5,10-11,16H,6-9,15H2,1H3. The summed E-state index contributed by atoms with van der Waals surface area (Å²) in [5.41, 5.74) is 7.47. The van der Waals surface area contributed by atoms with Crippen molar-refractivity contribution >= 4 is 9.84 Å². The number of rotatable bonds is 7. The van der Waals surface area contributed by atoms with E-state index >= 15 is 0 Å². The molecule has 0 aliphatic rings. The lowest BCUT2D eigenvalue weighted by molar-refractivity contribution is 0.602. The van der Waals surface area contributed by atoms with Crippen molar-refractivity contribution in [1.29, 1.82) is 0 Å². The molecule has 21 heavy (non-hydrogen) atoms. The number of nitrogens with one attached hydrogen (secondary N) is 1. The average Bonchev–Trinajstić information content (AvgIpc) is 2.86. The minimum atomic E-state index is -3.13. The molecule has 0 saturated heterocycles. The second kappa shape index (κ2) is 6.84. The quantitative estimate of drug-likeness (QED) is 0.779. The van der Waals surface area contributed by atoms with Crippen molar-refractivity contribution < 1.29 is 8.42 Å². The summed E-state index contributed by atoms with van der Waals surface area (Å²) in [6.45, 7) is 2.68. The molecule has 0 fully saturated rings. The number of hydrogen-bond acceptors (Lipinski definition) is 5. The smallest absolute Gasteiger partial charge is 0.175 e. The molecular formula is C14H20N4O2S. The first-order chi connectivity index (χ1) is 9.99. The Morgan fingerprint density at radius 1 is 1.24 bits per heavy atom. The number of sulfone groups is 1. The van der Waals surface area contributed by atoms with E-state index in [9.17, 15) is 8.42 Å². The van der Waals surface area contributed by atoms with Gasteiger partial charge in [-0.1, -0.05) is 12.1 Å². The van der Waals surface area contributed by atoms with E-state index in [1.165, 1.54) is 6.26 Å². The third-order valence-electron chi connectivity index (χ3n) is 3.06. The zero-order chi connectivity index (χ0) is 15.3. The fourth-order valence-electron chi connectivity index (χ4n) is 1.96. The van der Waals surface area contributed by atoms with Gasteiger partial charge in [-0.05, 0) is 17.7 Å². The van der Waals surface area contributed by atoms with Crippen LogP contribution >= 0.6 is 0 Å². The molecule has 3 N–H and O–H groups in total. The molecule has 7 heteroatoms. The Morgan fingerprint density at radius 3 is 2.57 bits per heavy atom. The monoisotopic (exact) mass is 308 g/mol. The Balaban J connectivity index is 1.85. The maximum atomic E-state index is 11.4. The molecule has 0 aliphatic heterocycles. The highest BCUT2D eigenvalue weighted by Crippen LogP contribution is 2.10. The van der Waals surface area contributed by atoms with Crippen LogP contribution in [0.25, 0.3) is 0 Å². The van der Waals surface area contributed by atoms with E-state index in [0.717, 1.165) is 17.8 Å². The molecular weight excluding hydrogens is 288 g/mol. The number of benzene rings is 1. The lowest BCUT2D eigenvalue weighted by atomic mass is 10.2. The van der Waals surface area contributed by atoms with Crippen molar-refractivity contribution in [3.8, 4) is 0 Å². The molecule has 0 amide bonds. The van der Waals surface area contributed by atoms with Gasteiger partial charge in [0, 0.05) is 38.6 Å². The van der Waals surface area contributed by atoms with E-state index in [4.69, 9.17) is 5.73 Å². The largest absolute Gasteiger partial charge is 0.336 e. The number of imidazole rings is 1. The lowest BCUT2D eigenvalue weighted by Crippen LogP contribution is -2.13. The molecule has 2 rings (SSSR count). The van der Waals surface area contributed by atoms with Crippen LogP contribution in [0.15, 0.2) is 41.7 Å². The van der Waals surface area contributed by atoms with Gasteiger partial charge in [-0.15, -0.1) is 0 Å². The van der Waals surface area contributed by atoms with Crippen LogP contribution in [0.2, 0.25) is 0 Å². The predicted molar refractivity (Wildman–Crippen MR) is 81.4 cm³/mol. The second-order valence-electron chi connectivity index (χ2n) is 4.91. The molecule has 6 nitrogen and oxygen atoms in total. The first-order valence-electron chi connectivity index (χ1n) is 6.69. The van der Waals surface area contributed by atoms with Crippen LogP contribution in [0.4, 0.5) is 0 Å². The number of nitrogens with two attached hydrogens (primary N) is 1. The second-order valence-corrected chi connectivity index (χ2v) is 6.93. The Labute approximate surface area is 124 Å². The van der Waals surface area contributed by atoms with E-state index < -0.39 is 9.84 Å². The summed E-state index contributed by atoms with van der Waals surface area (Å²) in [4.78, 5) is 4.62. The molecule has 0 spiro atoms. The molecule has 0 aliphatic carbocycles. The summed E-state index contributed by atoms with van der Waals surface area (Å²) in [6, 6.07) is 6.89. The van der Waals surface area contributed by atoms with Crippen molar-refractivity contribution in [3.05, 3.63) is 48.0 Å². The minimum absolute atomic E-state index is 0.340. The van der Waals surface area contributed by atoms with E-state index in [2.05, 4.69) is 10.3 Å². The van der Waals surface area contributed by atoms with Crippen molar-refractivity contribution in [1.82, 2.24) is 14.9 Å². The van der Waals surface area contributed by atoms with Gasteiger partial charge in [0.2, 0.25) is 0 Å². The average molecular weight is 308 g/mol. The zero-order valence-corrected chi connectivity index (χ0v) is 12.8. The first-order valence-corrected chi connectivity index (χ1v) is 8.58. The maximum Gasteiger partial charge on any atom is 0.175 e. The fourth-order valence-corrected chi connectivity index (χ4v) is 2.59. The fraction of sp³-hybridized carbons (Fsp3) is 0.357. The molecule has 0 atom stereocenters. The summed E-state index contributed by atoms with van der Waals surface area (Å²) in [5, 5.41) is 3.28. The lowest BCUT2D eigenvalue weighted by Gasteiger charge is -2.04. The molecule has 0 unspecified atom stereocenters. The number of hydrogen-bond donors (Lipinski definition) is 2. The third kappa shape index (κ3) is 4.66. The predicted octanol–water partition coefficient (Wildman–Crippen LogP) is 0.535. The van der Waals surface area contributed by atoms with Gasteiger partial charge in [-0.25, -0.2) is 13.4 Å². The van der Waals surface area contributed by atoms with Crippen LogP contribution in [0, 0.1) is 0 Å². The van der Waals surface area contributed by atoms with E-state index in [-0.39, 0.29) is 0 Å². The summed E-state index contributed by atoms with van der Waals surface area (Å²) in [6.07, 6.45) is 4.94. The first kappa shape index (κ1) is 15.7. The summed E-state index contributed by atoms with van der Waals surface area (Å²) in [7, 11) is -3.13. The van der Waals surface area contributed by atoms with E-state index in [1.807, 2.05) is 22.9 Å². The number of aromatic nitrogens is 2. The van der Waals surface area contributed by atoms with Crippen LogP contribution in [-0.4, -0.2) is 30.8 Å². The van der Waals surface area contributed by atoms with Gasteiger partial charge < -0.3 is 15.6 Å². The van der Waals surface area contributed by atoms with Crippen LogP contribution in [0.5, 0.6) is 0 Å². The van der Waals surface area contributed by atoms with Crippen LogP contribution in [0.3, 0.4) is 0 Å². The molecule has 114 valence electrons. The molecule has 0 saturated carbocycles. The SMILES string of the molecule is CS(=O)(=O)c1ccc(CNCc2cn(CCN)cn2)cc1. The van der Waals surface area contributed by atoms with E-state index in [1.54, 1.807) is 18.5 Å².